The molecule has 2 unspecified atom stereocenters. The molecule has 0 bridgehead atoms. The summed E-state index contributed by atoms with van der Waals surface area (Å²) in [5.74, 6) is 0.324. The lowest BCUT2D eigenvalue weighted by molar-refractivity contribution is -0.187. The van der Waals surface area contributed by atoms with Gasteiger partial charge in [0, 0.05) is 32.4 Å². The van der Waals surface area contributed by atoms with E-state index in [0.29, 0.717) is 18.4 Å². The first-order chi connectivity index (χ1) is 14.1. The Morgan fingerprint density at radius 3 is 2.69 bits per heavy atom. The number of nitrogens with zero attached hydrogens (tertiary/aromatic N) is 4. The maximum Gasteiger partial charge on any atom is 0.264 e. The minimum absolute atomic E-state index is 0.0253. The van der Waals surface area contributed by atoms with E-state index >= 15 is 0 Å². The minimum atomic E-state index is -0.426. The van der Waals surface area contributed by atoms with Gasteiger partial charge in [-0.1, -0.05) is 48.5 Å². The summed E-state index contributed by atoms with van der Waals surface area (Å²) in [4.78, 5) is 20.2. The molecule has 7 nitrogen and oxygen atoms in total. The molecule has 1 aromatic carbocycles. The van der Waals surface area contributed by atoms with Crippen molar-refractivity contribution in [3.63, 3.8) is 0 Å². The normalized spacial score (nSPS) is 24.9. The van der Waals surface area contributed by atoms with Crippen LogP contribution in [-0.2, 0) is 15.9 Å². The van der Waals surface area contributed by atoms with Gasteiger partial charge >= 0.3 is 0 Å². The van der Waals surface area contributed by atoms with E-state index in [0.717, 1.165) is 38.2 Å². The predicted molar refractivity (Wildman–Crippen MR) is 109 cm³/mol. The zero-order chi connectivity index (χ0) is 20.0. The molecule has 4 heterocycles. The number of benzene rings is 1. The van der Waals surface area contributed by atoms with Crippen LogP contribution in [0.4, 0.5) is 0 Å². The molecule has 1 aromatic heterocycles. The van der Waals surface area contributed by atoms with Gasteiger partial charge in [0.05, 0.1) is 19.3 Å². The number of aromatic nitrogens is 3. The Morgan fingerprint density at radius 1 is 1.28 bits per heavy atom. The molecule has 3 aliphatic heterocycles. The van der Waals surface area contributed by atoms with Gasteiger partial charge in [0.25, 0.3) is 5.91 Å². The number of thioether (sulfide) groups is 1. The first-order valence-corrected chi connectivity index (χ1v) is 11.2. The molecular formula is C21H26N4O3S. The van der Waals surface area contributed by atoms with Gasteiger partial charge in [-0.3, -0.25) is 9.69 Å². The Kier molecular flexibility index (Phi) is 4.98. The van der Waals surface area contributed by atoms with Gasteiger partial charge in [-0.2, -0.15) is 4.68 Å². The molecule has 2 aromatic rings. The van der Waals surface area contributed by atoms with E-state index in [-0.39, 0.29) is 17.2 Å². The van der Waals surface area contributed by atoms with E-state index in [1.807, 2.05) is 6.92 Å². The van der Waals surface area contributed by atoms with Crippen molar-refractivity contribution in [1.29, 1.82) is 0 Å². The zero-order valence-electron chi connectivity index (χ0n) is 16.8. The molecule has 29 heavy (non-hydrogen) atoms. The molecular weight excluding hydrogens is 388 g/mol. The predicted octanol–water partition coefficient (Wildman–Crippen LogP) is 2.84. The second-order valence-corrected chi connectivity index (χ2v) is 9.06. The van der Waals surface area contributed by atoms with Crippen LogP contribution in [0, 0.1) is 6.92 Å². The maximum absolute atomic E-state index is 13.3. The topological polar surface area (TPSA) is 69.5 Å². The highest BCUT2D eigenvalue weighted by Gasteiger charge is 2.47. The molecule has 2 atom stereocenters. The molecule has 154 valence electrons. The number of carbonyl (C=O) groups is 1. The summed E-state index contributed by atoms with van der Waals surface area (Å²) in [7, 11) is 0. The number of fused-ring (bicyclic) bond motifs is 1. The summed E-state index contributed by atoms with van der Waals surface area (Å²) in [6.45, 7) is 7.10. The minimum Gasteiger partial charge on any atom is -0.347 e. The average Bonchev–Trinajstić information content (AvgIpc) is 3.42. The van der Waals surface area contributed by atoms with Crippen LogP contribution in [0.25, 0.3) is 0 Å². The molecule has 1 spiro atoms. The van der Waals surface area contributed by atoms with Crippen molar-refractivity contribution in [3.8, 4) is 0 Å². The van der Waals surface area contributed by atoms with Gasteiger partial charge in [-0.25, -0.2) is 4.98 Å². The monoisotopic (exact) mass is 414 g/mol. The summed E-state index contributed by atoms with van der Waals surface area (Å²) in [5.41, 5.74) is 2.37. The van der Waals surface area contributed by atoms with Crippen molar-refractivity contribution < 1.29 is 14.3 Å². The summed E-state index contributed by atoms with van der Waals surface area (Å²) in [6.07, 6.45) is 2.38. The standard InChI is InChI=1S/C21H26N4O3S/c1-3-16-22-20-25(23-16)19(26)18(29-20)17(15-6-4-5-14(2)13-15)24-9-7-21(8-10-24)27-11-12-28-21/h4-6,13,17-18H,3,7-12H2,1-2H3. The van der Waals surface area contributed by atoms with Crippen molar-refractivity contribution in [2.75, 3.05) is 26.3 Å². The lowest BCUT2D eigenvalue weighted by atomic mass is 9.95. The van der Waals surface area contributed by atoms with Gasteiger partial charge in [0.15, 0.2) is 16.8 Å². The van der Waals surface area contributed by atoms with Crippen LogP contribution < -0.4 is 0 Å². The highest BCUT2D eigenvalue weighted by molar-refractivity contribution is 8.00. The van der Waals surface area contributed by atoms with Crippen LogP contribution >= 0.6 is 11.8 Å². The lowest BCUT2D eigenvalue weighted by Gasteiger charge is -2.42. The number of hydrogen-bond donors (Lipinski definition) is 0. The van der Waals surface area contributed by atoms with E-state index in [4.69, 9.17) is 9.47 Å². The largest absolute Gasteiger partial charge is 0.347 e. The number of hydrogen-bond acceptors (Lipinski definition) is 7. The number of piperidine rings is 1. The molecule has 2 fully saturated rings. The van der Waals surface area contributed by atoms with Crippen molar-refractivity contribution in [2.24, 2.45) is 0 Å². The SMILES string of the molecule is CCc1nc2n(n1)C(=O)C(C(c1cccc(C)c1)N1CCC3(CC1)OCCO3)S2. The Hall–Kier alpha value is -1.74. The Labute approximate surface area is 174 Å². The highest BCUT2D eigenvalue weighted by Crippen LogP contribution is 2.43. The summed E-state index contributed by atoms with van der Waals surface area (Å²) in [6, 6.07) is 8.46. The van der Waals surface area contributed by atoms with Crippen molar-refractivity contribution in [1.82, 2.24) is 19.7 Å². The first-order valence-electron chi connectivity index (χ1n) is 10.3. The van der Waals surface area contributed by atoms with Gasteiger partial charge in [0.1, 0.15) is 5.25 Å². The third-order valence-corrected chi connectivity index (χ3v) is 7.25. The molecule has 0 saturated carbocycles. The van der Waals surface area contributed by atoms with Crippen LogP contribution in [0.15, 0.2) is 29.4 Å². The van der Waals surface area contributed by atoms with Gasteiger partial charge in [0.2, 0.25) is 0 Å². The number of rotatable bonds is 4. The number of ether oxygens (including phenoxy) is 2. The number of likely N-dealkylation sites (tertiary alicyclic amines) is 1. The number of aryl methyl sites for hydroxylation is 2. The second-order valence-electron chi connectivity index (χ2n) is 7.96. The Balaban J connectivity index is 1.44. The average molecular weight is 415 g/mol. The van der Waals surface area contributed by atoms with Crippen LogP contribution in [-0.4, -0.2) is 62.9 Å². The molecule has 0 amide bonds. The molecule has 2 saturated heterocycles. The van der Waals surface area contributed by atoms with E-state index < -0.39 is 5.79 Å². The van der Waals surface area contributed by atoms with Crippen LogP contribution in [0.3, 0.4) is 0 Å². The van der Waals surface area contributed by atoms with Crippen LogP contribution in [0.1, 0.15) is 47.6 Å². The van der Waals surface area contributed by atoms with Crippen molar-refractivity contribution in [2.45, 2.75) is 55.3 Å². The fraction of sp³-hybridized carbons (Fsp3) is 0.571. The zero-order valence-corrected chi connectivity index (χ0v) is 17.7. The quantitative estimate of drug-likeness (QED) is 0.762. The fourth-order valence-corrected chi connectivity index (χ4v) is 5.83. The van der Waals surface area contributed by atoms with E-state index in [1.54, 1.807) is 11.8 Å². The molecule has 0 N–H and O–H groups in total. The lowest BCUT2D eigenvalue weighted by Crippen LogP contribution is -2.49. The smallest absolute Gasteiger partial charge is 0.264 e. The highest BCUT2D eigenvalue weighted by atomic mass is 32.2. The Morgan fingerprint density at radius 2 is 2.03 bits per heavy atom. The molecule has 0 radical (unpaired) electrons. The van der Waals surface area contributed by atoms with Crippen LogP contribution in [0.2, 0.25) is 0 Å². The number of carbonyl (C=O) groups excluding carboxylic acids is 1. The fourth-order valence-electron chi connectivity index (χ4n) is 4.55. The summed E-state index contributed by atoms with van der Waals surface area (Å²) < 4.78 is 13.3. The molecule has 5 rings (SSSR count). The van der Waals surface area contributed by atoms with Crippen molar-refractivity contribution in [3.05, 3.63) is 41.2 Å². The van der Waals surface area contributed by atoms with E-state index in [1.165, 1.54) is 15.8 Å². The molecule has 3 aliphatic rings. The first kappa shape index (κ1) is 19.2. The third kappa shape index (κ3) is 3.42. The second kappa shape index (κ2) is 7.50. The van der Waals surface area contributed by atoms with Crippen LogP contribution in [0.5, 0.6) is 0 Å². The van der Waals surface area contributed by atoms with Gasteiger partial charge in [-0.05, 0) is 12.5 Å². The van der Waals surface area contributed by atoms with Gasteiger partial charge in [-0.15, -0.1) is 5.10 Å². The Bertz CT molecular complexity index is 914. The third-order valence-electron chi connectivity index (χ3n) is 6.06. The molecule has 0 aliphatic carbocycles. The van der Waals surface area contributed by atoms with Crippen molar-refractivity contribution >= 4 is 17.7 Å². The molecule has 8 heteroatoms. The van der Waals surface area contributed by atoms with E-state index in [2.05, 4.69) is 46.2 Å². The maximum atomic E-state index is 13.3. The van der Waals surface area contributed by atoms with E-state index in [9.17, 15) is 4.79 Å². The summed E-state index contributed by atoms with van der Waals surface area (Å²) in [5, 5.41) is 4.87. The summed E-state index contributed by atoms with van der Waals surface area (Å²) >= 11 is 1.54. The van der Waals surface area contributed by atoms with Gasteiger partial charge < -0.3 is 9.47 Å².